The number of carbonyl (C=O) groups is 1. The van der Waals surface area contributed by atoms with E-state index in [1.54, 1.807) is 12.1 Å². The van der Waals surface area contributed by atoms with Crippen molar-refractivity contribution in [2.24, 2.45) is 0 Å². The summed E-state index contributed by atoms with van der Waals surface area (Å²) in [5.74, 6) is 0. The summed E-state index contributed by atoms with van der Waals surface area (Å²) in [4.78, 5) is 11.9. The lowest BCUT2D eigenvalue weighted by Crippen LogP contribution is -2.03. The van der Waals surface area contributed by atoms with Crippen molar-refractivity contribution in [2.75, 3.05) is 14.2 Å². The Labute approximate surface area is 94.6 Å². The lowest BCUT2D eigenvalue weighted by molar-refractivity contribution is 0.104. The highest BCUT2D eigenvalue weighted by Crippen LogP contribution is 2.49. The quantitative estimate of drug-likeness (QED) is 0.763. The molecule has 15 heavy (non-hydrogen) atoms. The summed E-state index contributed by atoms with van der Waals surface area (Å²) in [6.07, 6.45) is 0. The van der Waals surface area contributed by atoms with E-state index >= 15 is 0 Å². The number of carbonyl (C=O) groups excluding carboxylic acids is 1. The topological polar surface area (TPSA) is 35.5 Å². The van der Waals surface area contributed by atoms with E-state index in [9.17, 15) is 4.79 Å². The predicted octanol–water partition coefficient (Wildman–Crippen LogP) is 2.74. The normalized spacial score (nSPS) is 11.4. The molecule has 0 saturated carbocycles. The van der Waals surface area contributed by atoms with Crippen molar-refractivity contribution in [2.45, 2.75) is 6.92 Å². The first-order valence-corrected chi connectivity index (χ1v) is 7.00. The number of rotatable bonds is 4. The Kier molecular flexibility index (Phi) is 4.17. The number of hydrogen-bond acceptors (Lipinski definition) is 4. The van der Waals surface area contributed by atoms with Gasteiger partial charge in [-0.05, 0) is 18.7 Å². The van der Waals surface area contributed by atoms with Gasteiger partial charge in [-0.25, -0.2) is 0 Å². The molecular formula is C10H13O3PS. The first kappa shape index (κ1) is 12.5. The average Bonchev–Trinajstić information content (AvgIpc) is 2.28. The van der Waals surface area contributed by atoms with Gasteiger partial charge in [-0.15, -0.1) is 0 Å². The monoisotopic (exact) mass is 244 g/mol. The van der Waals surface area contributed by atoms with Crippen molar-refractivity contribution in [3.8, 4) is 0 Å². The predicted molar refractivity (Wildman–Crippen MR) is 63.8 cm³/mol. The van der Waals surface area contributed by atoms with Crippen LogP contribution in [0.3, 0.4) is 0 Å². The fourth-order valence-corrected chi connectivity index (χ4v) is 2.36. The van der Waals surface area contributed by atoms with Gasteiger partial charge in [-0.3, -0.25) is 4.79 Å². The molecule has 0 bridgehead atoms. The molecule has 0 atom stereocenters. The van der Waals surface area contributed by atoms with Gasteiger partial charge in [0.05, 0.1) is 0 Å². The molecule has 5 heteroatoms. The van der Waals surface area contributed by atoms with Crippen molar-refractivity contribution in [1.29, 1.82) is 0 Å². The number of benzene rings is 1. The van der Waals surface area contributed by atoms with Gasteiger partial charge < -0.3 is 9.05 Å². The van der Waals surface area contributed by atoms with Crippen LogP contribution in [-0.2, 0) is 20.9 Å². The molecule has 0 N–H and O–H groups in total. The molecule has 1 aromatic carbocycles. The summed E-state index contributed by atoms with van der Waals surface area (Å²) in [5, 5.41) is 0. The summed E-state index contributed by atoms with van der Waals surface area (Å²) >= 11 is 5.06. The molecule has 0 spiro atoms. The van der Waals surface area contributed by atoms with Crippen LogP contribution in [0.4, 0.5) is 0 Å². The summed E-state index contributed by atoms with van der Waals surface area (Å²) < 4.78 is 9.98. The Morgan fingerprint density at radius 1 is 1.20 bits per heavy atom. The molecule has 0 aliphatic carbocycles. The molecule has 0 amide bonds. The zero-order valence-electron chi connectivity index (χ0n) is 8.89. The van der Waals surface area contributed by atoms with Crippen LogP contribution in [0.1, 0.15) is 15.9 Å². The summed E-state index contributed by atoms with van der Waals surface area (Å²) in [5.41, 5.74) is 1.38. The van der Waals surface area contributed by atoms with Crippen LogP contribution >= 0.6 is 6.49 Å². The first-order chi connectivity index (χ1) is 7.03. The SMILES string of the molecule is COP(=S)(OC)C(=O)c1ccc(C)cc1. The molecule has 3 nitrogen and oxygen atoms in total. The molecular weight excluding hydrogens is 231 g/mol. The Morgan fingerprint density at radius 2 is 1.67 bits per heavy atom. The van der Waals surface area contributed by atoms with E-state index in [0.717, 1.165) is 5.56 Å². The van der Waals surface area contributed by atoms with Crippen LogP contribution in [0.5, 0.6) is 0 Å². The van der Waals surface area contributed by atoms with Crippen LogP contribution in [0.25, 0.3) is 0 Å². The highest BCUT2D eigenvalue weighted by molar-refractivity contribution is 8.18. The third-order valence-electron chi connectivity index (χ3n) is 2.03. The molecule has 82 valence electrons. The van der Waals surface area contributed by atoms with Crippen molar-refractivity contribution < 1.29 is 13.8 Å². The van der Waals surface area contributed by atoms with Gasteiger partial charge in [0.1, 0.15) is 0 Å². The van der Waals surface area contributed by atoms with E-state index in [-0.39, 0.29) is 5.52 Å². The van der Waals surface area contributed by atoms with Gasteiger partial charge >= 0.3 is 0 Å². The van der Waals surface area contributed by atoms with Gasteiger partial charge in [0.25, 0.3) is 6.49 Å². The van der Waals surface area contributed by atoms with E-state index in [1.165, 1.54) is 14.2 Å². The van der Waals surface area contributed by atoms with Crippen molar-refractivity contribution in [1.82, 2.24) is 0 Å². The van der Waals surface area contributed by atoms with E-state index in [1.807, 2.05) is 19.1 Å². The van der Waals surface area contributed by atoms with Crippen LogP contribution in [0, 0.1) is 6.92 Å². The largest absolute Gasteiger partial charge is 0.327 e. The van der Waals surface area contributed by atoms with Crippen LogP contribution in [0.2, 0.25) is 0 Å². The van der Waals surface area contributed by atoms with Crippen LogP contribution < -0.4 is 0 Å². The second-order valence-electron chi connectivity index (χ2n) is 3.03. The summed E-state index contributed by atoms with van der Waals surface area (Å²) in [7, 11) is 2.80. The summed E-state index contributed by atoms with van der Waals surface area (Å²) in [6, 6.07) is 7.18. The fraction of sp³-hybridized carbons (Fsp3) is 0.300. The smallest absolute Gasteiger partial charge is 0.259 e. The molecule has 0 aliphatic heterocycles. The minimum atomic E-state index is -2.81. The molecule has 0 aliphatic rings. The first-order valence-electron chi connectivity index (χ1n) is 4.36. The molecule has 0 heterocycles. The minimum absolute atomic E-state index is 0.248. The Bertz CT molecular complexity index is 392. The lowest BCUT2D eigenvalue weighted by Gasteiger charge is -2.15. The fourth-order valence-electron chi connectivity index (χ4n) is 1.09. The maximum Gasteiger partial charge on any atom is 0.259 e. The zero-order chi connectivity index (χ0) is 11.5. The highest BCUT2D eigenvalue weighted by Gasteiger charge is 2.27. The Hall–Kier alpha value is -0.540. The van der Waals surface area contributed by atoms with Gasteiger partial charge in [0.15, 0.2) is 0 Å². The molecule has 0 unspecified atom stereocenters. The minimum Gasteiger partial charge on any atom is -0.327 e. The number of hydrogen-bond donors (Lipinski definition) is 0. The average molecular weight is 244 g/mol. The van der Waals surface area contributed by atoms with Crippen molar-refractivity contribution in [3.05, 3.63) is 35.4 Å². The van der Waals surface area contributed by atoms with Crippen LogP contribution in [-0.4, -0.2) is 19.7 Å². The molecule has 0 aromatic heterocycles. The Morgan fingerprint density at radius 3 is 2.07 bits per heavy atom. The second-order valence-corrected chi connectivity index (χ2v) is 6.61. The maximum atomic E-state index is 11.9. The molecule has 1 aromatic rings. The van der Waals surface area contributed by atoms with Gasteiger partial charge in [-0.2, -0.15) is 0 Å². The third kappa shape index (κ3) is 2.73. The van der Waals surface area contributed by atoms with Crippen LogP contribution in [0.15, 0.2) is 24.3 Å². The van der Waals surface area contributed by atoms with E-state index in [2.05, 4.69) is 0 Å². The molecule has 0 fully saturated rings. The van der Waals surface area contributed by atoms with E-state index in [4.69, 9.17) is 20.9 Å². The molecule has 0 radical (unpaired) electrons. The molecule has 1 rings (SSSR count). The zero-order valence-corrected chi connectivity index (χ0v) is 10.6. The number of aryl methyl sites for hydroxylation is 1. The molecule has 0 saturated heterocycles. The standard InChI is InChI=1S/C10H13O3PS/c1-8-4-6-9(7-5-8)10(11)14(15,12-2)13-3/h4-7H,1-3H3. The van der Waals surface area contributed by atoms with Gasteiger partial charge in [0, 0.05) is 19.8 Å². The summed E-state index contributed by atoms with van der Waals surface area (Å²) in [6.45, 7) is -0.859. The maximum absolute atomic E-state index is 11.9. The van der Waals surface area contributed by atoms with E-state index in [0.29, 0.717) is 5.56 Å². The van der Waals surface area contributed by atoms with Gasteiger partial charge in [-0.1, -0.05) is 29.8 Å². The van der Waals surface area contributed by atoms with Crippen molar-refractivity contribution >= 4 is 23.8 Å². The lowest BCUT2D eigenvalue weighted by atomic mass is 10.2. The Balaban J connectivity index is 3.04. The second kappa shape index (κ2) is 4.99. The highest BCUT2D eigenvalue weighted by atomic mass is 32.5. The van der Waals surface area contributed by atoms with E-state index < -0.39 is 6.49 Å². The third-order valence-corrected chi connectivity index (χ3v) is 5.14. The van der Waals surface area contributed by atoms with Crippen molar-refractivity contribution in [3.63, 3.8) is 0 Å². The van der Waals surface area contributed by atoms with Gasteiger partial charge in [0.2, 0.25) is 5.52 Å².